The lowest BCUT2D eigenvalue weighted by molar-refractivity contribution is -0.117. The van der Waals surface area contributed by atoms with E-state index < -0.39 is 5.91 Å². The number of pyridine rings is 1. The summed E-state index contributed by atoms with van der Waals surface area (Å²) in [5.74, 6) is -0.443. The Bertz CT molecular complexity index is 853. The van der Waals surface area contributed by atoms with Crippen molar-refractivity contribution >= 4 is 23.3 Å². The van der Waals surface area contributed by atoms with Crippen LogP contribution in [0.4, 0.5) is 15.9 Å². The molecule has 7 heteroatoms. The largest absolute Gasteiger partial charge is 0.366 e. The molecule has 3 unspecified atom stereocenters. The molecule has 2 amide bonds. The molecule has 1 aliphatic heterocycles. The van der Waals surface area contributed by atoms with Gasteiger partial charge in [-0.15, -0.1) is 0 Å². The van der Waals surface area contributed by atoms with Crippen molar-refractivity contribution in [1.29, 1.82) is 0 Å². The van der Waals surface area contributed by atoms with E-state index in [-0.39, 0.29) is 29.7 Å². The maximum absolute atomic E-state index is 13.9. The zero-order chi connectivity index (χ0) is 19.0. The van der Waals surface area contributed by atoms with Gasteiger partial charge in [0.15, 0.2) is 0 Å². The van der Waals surface area contributed by atoms with Crippen molar-refractivity contribution < 1.29 is 14.0 Å². The molecule has 0 radical (unpaired) electrons. The third kappa shape index (κ3) is 3.12. The van der Waals surface area contributed by atoms with E-state index in [1.165, 1.54) is 25.3 Å². The quantitative estimate of drug-likeness (QED) is 0.885. The molecule has 3 atom stereocenters. The number of hydrogen-bond acceptors (Lipinski definition) is 4. The predicted octanol–water partition coefficient (Wildman–Crippen LogP) is 2.86. The van der Waals surface area contributed by atoms with Gasteiger partial charge in [0.25, 0.3) is 0 Å². The molecule has 0 aliphatic carbocycles. The molecule has 0 spiro atoms. The van der Waals surface area contributed by atoms with Gasteiger partial charge in [-0.1, -0.05) is 6.92 Å². The second-order valence-electron chi connectivity index (χ2n) is 6.61. The number of nitrogens with two attached hydrogens (primary N) is 1. The highest BCUT2D eigenvalue weighted by Crippen LogP contribution is 2.42. The number of fused-ring (bicyclic) bond motifs is 1. The highest BCUT2D eigenvalue weighted by Gasteiger charge is 2.38. The van der Waals surface area contributed by atoms with Crippen LogP contribution in [0.25, 0.3) is 0 Å². The molecule has 3 rings (SSSR count). The highest BCUT2D eigenvalue weighted by molar-refractivity contribution is 5.94. The summed E-state index contributed by atoms with van der Waals surface area (Å²) in [4.78, 5) is 29.2. The van der Waals surface area contributed by atoms with Crippen LogP contribution in [-0.2, 0) is 4.79 Å². The molecular weight excluding hydrogens is 335 g/mol. The first-order valence-electron chi connectivity index (χ1n) is 8.41. The molecule has 26 heavy (non-hydrogen) atoms. The molecule has 136 valence electrons. The Balaban J connectivity index is 2.00. The van der Waals surface area contributed by atoms with Crippen LogP contribution in [0.5, 0.6) is 0 Å². The summed E-state index contributed by atoms with van der Waals surface area (Å²) in [6.07, 6.45) is 1.40. The predicted molar refractivity (Wildman–Crippen MR) is 97.3 cm³/mol. The molecule has 6 nitrogen and oxygen atoms in total. The number of aromatic nitrogens is 1. The van der Waals surface area contributed by atoms with Crippen LogP contribution in [0.3, 0.4) is 0 Å². The van der Waals surface area contributed by atoms with E-state index >= 15 is 0 Å². The van der Waals surface area contributed by atoms with E-state index in [4.69, 9.17) is 5.73 Å². The molecule has 0 bridgehead atoms. The van der Waals surface area contributed by atoms with Gasteiger partial charge in [-0.05, 0) is 37.3 Å². The van der Waals surface area contributed by atoms with E-state index in [2.05, 4.69) is 10.3 Å². The number of carbonyl (C=O) groups excluding carboxylic acids is 2. The monoisotopic (exact) mass is 356 g/mol. The SMILES string of the molecule is CC(=O)N1c2ccc(F)cc2C(Nc2ccc(C(N)=O)cn2)C(C)C1C. The van der Waals surface area contributed by atoms with Gasteiger partial charge in [0.1, 0.15) is 11.6 Å². The van der Waals surface area contributed by atoms with Gasteiger partial charge in [-0.3, -0.25) is 9.59 Å². The van der Waals surface area contributed by atoms with Crippen LogP contribution >= 0.6 is 0 Å². The number of primary amides is 1. The van der Waals surface area contributed by atoms with Gasteiger partial charge in [-0.2, -0.15) is 0 Å². The van der Waals surface area contributed by atoms with Crippen molar-refractivity contribution in [2.24, 2.45) is 11.7 Å². The normalized spacial score (nSPS) is 21.8. The van der Waals surface area contributed by atoms with Crippen molar-refractivity contribution in [2.45, 2.75) is 32.9 Å². The Morgan fingerprint density at radius 1 is 1.23 bits per heavy atom. The number of hydrogen-bond donors (Lipinski definition) is 2. The number of rotatable bonds is 3. The topological polar surface area (TPSA) is 88.3 Å². The molecule has 0 fully saturated rings. The molecule has 1 aromatic heterocycles. The lowest BCUT2D eigenvalue weighted by atomic mass is 9.82. The van der Waals surface area contributed by atoms with E-state index in [1.54, 1.807) is 23.1 Å². The molecule has 1 aliphatic rings. The first-order valence-corrected chi connectivity index (χ1v) is 8.41. The van der Waals surface area contributed by atoms with Crippen LogP contribution in [-0.4, -0.2) is 22.8 Å². The third-order valence-electron chi connectivity index (χ3n) is 4.97. The number of benzene rings is 1. The van der Waals surface area contributed by atoms with E-state index in [9.17, 15) is 14.0 Å². The van der Waals surface area contributed by atoms with Crippen molar-refractivity contribution in [3.8, 4) is 0 Å². The zero-order valence-electron chi connectivity index (χ0n) is 14.9. The van der Waals surface area contributed by atoms with Crippen LogP contribution in [0.15, 0.2) is 36.5 Å². The standard InChI is InChI=1S/C19H21FN4O2/c1-10-11(2)24(12(3)25)16-6-5-14(20)8-15(16)18(10)23-17-7-4-13(9-22-17)19(21)26/h4-11,18H,1-3H3,(H2,21,26)(H,22,23). The first-order chi connectivity index (χ1) is 12.3. The minimum atomic E-state index is -0.548. The maximum Gasteiger partial charge on any atom is 0.250 e. The minimum absolute atomic E-state index is 0.00539. The van der Waals surface area contributed by atoms with Crippen molar-refractivity contribution in [2.75, 3.05) is 10.2 Å². The van der Waals surface area contributed by atoms with E-state index in [1.807, 2.05) is 13.8 Å². The smallest absolute Gasteiger partial charge is 0.250 e. The fourth-order valence-electron chi connectivity index (χ4n) is 3.46. The van der Waals surface area contributed by atoms with E-state index in [0.29, 0.717) is 22.6 Å². The summed E-state index contributed by atoms with van der Waals surface area (Å²) in [6.45, 7) is 5.48. The first kappa shape index (κ1) is 17.8. The molecule has 1 aromatic carbocycles. The van der Waals surface area contributed by atoms with Crippen molar-refractivity contribution in [3.05, 3.63) is 53.5 Å². The summed E-state index contributed by atoms with van der Waals surface area (Å²) in [7, 11) is 0. The fourth-order valence-corrected chi connectivity index (χ4v) is 3.46. The number of carbonyl (C=O) groups is 2. The lowest BCUT2D eigenvalue weighted by Gasteiger charge is -2.44. The van der Waals surface area contributed by atoms with Crippen LogP contribution in [0.1, 0.15) is 42.7 Å². The van der Waals surface area contributed by atoms with Gasteiger partial charge in [0.05, 0.1) is 11.6 Å². The number of anilines is 2. The molecule has 2 aromatic rings. The van der Waals surface area contributed by atoms with Gasteiger partial charge in [-0.25, -0.2) is 9.37 Å². The van der Waals surface area contributed by atoms with Crippen molar-refractivity contribution in [1.82, 2.24) is 4.98 Å². The van der Waals surface area contributed by atoms with Crippen molar-refractivity contribution in [3.63, 3.8) is 0 Å². The van der Waals surface area contributed by atoms with Gasteiger partial charge in [0, 0.05) is 36.3 Å². The number of nitrogens with one attached hydrogen (secondary N) is 1. The average molecular weight is 356 g/mol. The summed E-state index contributed by atoms with van der Waals surface area (Å²) in [5.41, 5.74) is 6.94. The Morgan fingerprint density at radius 2 is 1.96 bits per heavy atom. The van der Waals surface area contributed by atoms with Gasteiger partial charge >= 0.3 is 0 Å². The summed E-state index contributed by atoms with van der Waals surface area (Å²) >= 11 is 0. The Morgan fingerprint density at radius 3 is 2.54 bits per heavy atom. The molecule has 2 heterocycles. The zero-order valence-corrected chi connectivity index (χ0v) is 14.9. The fraction of sp³-hybridized carbons (Fsp3) is 0.316. The van der Waals surface area contributed by atoms with Crippen LogP contribution in [0.2, 0.25) is 0 Å². The summed E-state index contributed by atoms with van der Waals surface area (Å²) in [6, 6.07) is 7.37. The molecule has 0 saturated carbocycles. The van der Waals surface area contributed by atoms with Gasteiger partial charge in [0.2, 0.25) is 11.8 Å². The molecular formula is C19H21FN4O2. The number of nitrogens with zero attached hydrogens (tertiary/aromatic N) is 2. The number of halogens is 1. The third-order valence-corrected chi connectivity index (χ3v) is 4.97. The van der Waals surface area contributed by atoms with E-state index in [0.717, 1.165) is 0 Å². The Labute approximate surface area is 151 Å². The Hall–Kier alpha value is -2.96. The highest BCUT2D eigenvalue weighted by atomic mass is 19.1. The van der Waals surface area contributed by atoms with Crippen LogP contribution < -0.4 is 16.0 Å². The lowest BCUT2D eigenvalue weighted by Crippen LogP contribution is -2.48. The van der Waals surface area contributed by atoms with Gasteiger partial charge < -0.3 is 16.0 Å². The second kappa shape index (κ2) is 6.74. The Kier molecular flexibility index (Phi) is 4.63. The molecule has 3 N–H and O–H groups in total. The summed E-state index contributed by atoms with van der Waals surface area (Å²) < 4.78 is 13.9. The summed E-state index contributed by atoms with van der Waals surface area (Å²) in [5, 5.41) is 3.30. The second-order valence-corrected chi connectivity index (χ2v) is 6.61. The molecule has 0 saturated heterocycles. The average Bonchev–Trinajstić information content (AvgIpc) is 2.59. The minimum Gasteiger partial charge on any atom is -0.366 e. The van der Waals surface area contributed by atoms with Crippen LogP contribution in [0, 0.1) is 11.7 Å². The number of amides is 2. The maximum atomic E-state index is 13.9.